The maximum atomic E-state index is 11.4. The van der Waals surface area contributed by atoms with Crippen molar-refractivity contribution in [3.63, 3.8) is 0 Å². The molecular weight excluding hydrogens is 326 g/mol. The van der Waals surface area contributed by atoms with Crippen LogP contribution < -0.4 is 5.73 Å². The first-order valence-corrected chi connectivity index (χ1v) is 7.18. The van der Waals surface area contributed by atoms with Crippen LogP contribution in [0.25, 0.3) is 0 Å². The first-order valence-electron chi connectivity index (χ1n) is 7.18. The predicted molar refractivity (Wildman–Crippen MR) is 76.1 cm³/mol. The third-order valence-electron chi connectivity index (χ3n) is 3.03. The van der Waals surface area contributed by atoms with E-state index in [1.165, 1.54) is 6.92 Å². The van der Waals surface area contributed by atoms with Gasteiger partial charge in [0.25, 0.3) is 0 Å². The average molecular weight is 347 g/mol. The van der Waals surface area contributed by atoms with Gasteiger partial charge in [-0.3, -0.25) is 19.2 Å². The Morgan fingerprint density at radius 2 is 1.25 bits per heavy atom. The number of hydrogen-bond acceptors (Lipinski definition) is 10. The lowest BCUT2D eigenvalue weighted by Gasteiger charge is -2.43. The van der Waals surface area contributed by atoms with E-state index >= 15 is 0 Å². The molecule has 10 nitrogen and oxygen atoms in total. The Morgan fingerprint density at radius 3 is 1.71 bits per heavy atom. The number of carbonyl (C=O) groups excluding carboxylic acids is 4. The van der Waals surface area contributed by atoms with Crippen molar-refractivity contribution in [1.82, 2.24) is 0 Å². The number of carbonyl (C=O) groups is 4. The minimum absolute atomic E-state index is 0.286. The molecule has 1 saturated heterocycles. The zero-order valence-corrected chi connectivity index (χ0v) is 13.8. The van der Waals surface area contributed by atoms with E-state index in [1.807, 2.05) is 0 Å². The molecular formula is C14H21NO9. The fraction of sp³-hybridized carbons (Fsp3) is 0.714. The maximum absolute atomic E-state index is 11.4. The van der Waals surface area contributed by atoms with E-state index in [0.29, 0.717) is 0 Å². The SMILES string of the molecule is CC(=O)OC[C@H]1OC(N)[C@H](OC(C)=O)[C@H](OC(C)=O)C1OC(C)=O. The summed E-state index contributed by atoms with van der Waals surface area (Å²) in [7, 11) is 0. The van der Waals surface area contributed by atoms with Crippen molar-refractivity contribution >= 4 is 23.9 Å². The zero-order valence-electron chi connectivity index (χ0n) is 13.8. The molecule has 1 aliphatic heterocycles. The van der Waals surface area contributed by atoms with Crippen LogP contribution >= 0.6 is 0 Å². The quantitative estimate of drug-likeness (QED) is 0.487. The van der Waals surface area contributed by atoms with Crippen molar-refractivity contribution in [2.75, 3.05) is 6.61 Å². The van der Waals surface area contributed by atoms with Gasteiger partial charge in [0, 0.05) is 27.7 Å². The van der Waals surface area contributed by atoms with E-state index in [4.69, 9.17) is 29.4 Å². The van der Waals surface area contributed by atoms with Crippen LogP contribution in [0.1, 0.15) is 27.7 Å². The summed E-state index contributed by atoms with van der Waals surface area (Å²) in [4.78, 5) is 45.0. The Morgan fingerprint density at radius 1 is 0.792 bits per heavy atom. The molecule has 0 amide bonds. The number of rotatable bonds is 5. The van der Waals surface area contributed by atoms with Gasteiger partial charge in [-0.1, -0.05) is 0 Å². The Balaban J connectivity index is 3.11. The Kier molecular flexibility index (Phi) is 7.11. The Labute approximate surface area is 138 Å². The average Bonchev–Trinajstić information content (AvgIpc) is 2.42. The highest BCUT2D eigenvalue weighted by Crippen LogP contribution is 2.27. The second-order valence-electron chi connectivity index (χ2n) is 5.16. The van der Waals surface area contributed by atoms with Crippen molar-refractivity contribution in [3.05, 3.63) is 0 Å². The molecule has 2 N–H and O–H groups in total. The van der Waals surface area contributed by atoms with E-state index in [9.17, 15) is 19.2 Å². The first-order chi connectivity index (χ1) is 11.1. The molecule has 0 aromatic heterocycles. The first kappa shape index (κ1) is 19.8. The molecule has 1 fully saturated rings. The molecule has 0 saturated carbocycles. The van der Waals surface area contributed by atoms with Gasteiger partial charge in [-0.15, -0.1) is 0 Å². The molecule has 0 radical (unpaired) electrons. The fourth-order valence-electron chi connectivity index (χ4n) is 2.26. The highest BCUT2D eigenvalue weighted by atomic mass is 16.7. The second kappa shape index (κ2) is 8.60. The van der Waals surface area contributed by atoms with E-state index in [1.54, 1.807) is 0 Å². The van der Waals surface area contributed by atoms with Crippen LogP contribution in [0.5, 0.6) is 0 Å². The topological polar surface area (TPSA) is 140 Å². The van der Waals surface area contributed by atoms with Gasteiger partial charge in [-0.2, -0.15) is 0 Å². The molecule has 0 aliphatic carbocycles. The van der Waals surface area contributed by atoms with Crippen LogP contribution in [0.15, 0.2) is 0 Å². The van der Waals surface area contributed by atoms with Crippen LogP contribution in [-0.4, -0.2) is 61.1 Å². The summed E-state index contributed by atoms with van der Waals surface area (Å²) < 4.78 is 25.6. The highest BCUT2D eigenvalue weighted by Gasteiger charge is 2.51. The molecule has 0 bridgehead atoms. The molecule has 0 aromatic carbocycles. The van der Waals surface area contributed by atoms with Crippen LogP contribution in [0.3, 0.4) is 0 Å². The number of ether oxygens (including phenoxy) is 5. The molecule has 0 spiro atoms. The van der Waals surface area contributed by atoms with Gasteiger partial charge in [-0.05, 0) is 0 Å². The molecule has 24 heavy (non-hydrogen) atoms. The largest absolute Gasteiger partial charge is 0.463 e. The minimum Gasteiger partial charge on any atom is -0.463 e. The molecule has 5 atom stereocenters. The summed E-state index contributed by atoms with van der Waals surface area (Å²) >= 11 is 0. The lowest BCUT2D eigenvalue weighted by atomic mass is 9.97. The normalized spacial score (nSPS) is 29.3. The number of nitrogens with two attached hydrogens (primary N) is 1. The van der Waals surface area contributed by atoms with Crippen molar-refractivity contribution in [1.29, 1.82) is 0 Å². The third-order valence-corrected chi connectivity index (χ3v) is 3.03. The van der Waals surface area contributed by atoms with Crippen LogP contribution in [0.4, 0.5) is 0 Å². The molecule has 10 heteroatoms. The summed E-state index contributed by atoms with van der Waals surface area (Å²) in [5.41, 5.74) is 5.81. The van der Waals surface area contributed by atoms with Gasteiger partial charge in [0.15, 0.2) is 18.3 Å². The van der Waals surface area contributed by atoms with E-state index in [0.717, 1.165) is 20.8 Å². The molecule has 136 valence electrons. The van der Waals surface area contributed by atoms with E-state index < -0.39 is 54.5 Å². The van der Waals surface area contributed by atoms with Gasteiger partial charge in [0.05, 0.1) is 0 Å². The third kappa shape index (κ3) is 5.78. The van der Waals surface area contributed by atoms with Crippen LogP contribution in [-0.2, 0) is 42.9 Å². The van der Waals surface area contributed by atoms with Gasteiger partial charge >= 0.3 is 23.9 Å². The maximum Gasteiger partial charge on any atom is 0.303 e. The highest BCUT2D eigenvalue weighted by molar-refractivity contribution is 5.68. The smallest absolute Gasteiger partial charge is 0.303 e. The molecule has 1 aliphatic rings. The molecule has 1 rings (SSSR count). The van der Waals surface area contributed by atoms with Crippen LogP contribution in [0.2, 0.25) is 0 Å². The Bertz CT molecular complexity index is 506. The van der Waals surface area contributed by atoms with Gasteiger partial charge in [0.1, 0.15) is 18.9 Å². The summed E-state index contributed by atoms with van der Waals surface area (Å²) in [6.07, 6.45) is -5.74. The molecule has 0 aromatic rings. The molecule has 1 heterocycles. The molecule has 2 unspecified atom stereocenters. The minimum atomic E-state index is -1.21. The van der Waals surface area contributed by atoms with Gasteiger partial charge in [0.2, 0.25) is 0 Å². The van der Waals surface area contributed by atoms with E-state index in [-0.39, 0.29) is 6.61 Å². The van der Waals surface area contributed by atoms with Crippen molar-refractivity contribution < 1.29 is 42.9 Å². The van der Waals surface area contributed by atoms with Gasteiger partial charge < -0.3 is 29.4 Å². The standard InChI is InChI=1S/C14H21NO9/c1-6(16)20-5-10-11(21-7(2)17)12(22-8(3)18)13(14(15)24-10)23-9(4)19/h10-14H,5,15H2,1-4H3/t10-,11?,12-,13-,14?/m1/s1. The summed E-state index contributed by atoms with van der Waals surface area (Å²) in [5, 5.41) is 0. The monoisotopic (exact) mass is 347 g/mol. The lowest BCUT2D eigenvalue weighted by molar-refractivity contribution is -0.251. The zero-order chi connectivity index (χ0) is 18.4. The summed E-state index contributed by atoms with van der Waals surface area (Å²) in [5.74, 6) is -2.66. The van der Waals surface area contributed by atoms with Crippen LogP contribution in [0, 0.1) is 0 Å². The Hall–Kier alpha value is -2.20. The number of esters is 4. The van der Waals surface area contributed by atoms with Crippen molar-refractivity contribution in [2.24, 2.45) is 5.73 Å². The second-order valence-corrected chi connectivity index (χ2v) is 5.16. The lowest BCUT2D eigenvalue weighted by Crippen LogP contribution is -2.64. The number of hydrogen-bond donors (Lipinski definition) is 1. The summed E-state index contributed by atoms with van der Waals surface area (Å²) in [6.45, 7) is 4.32. The fourth-order valence-corrected chi connectivity index (χ4v) is 2.26. The van der Waals surface area contributed by atoms with Crippen molar-refractivity contribution in [2.45, 2.75) is 58.3 Å². The van der Waals surface area contributed by atoms with E-state index in [2.05, 4.69) is 0 Å². The predicted octanol–water partition coefficient (Wildman–Crippen LogP) is -0.972. The van der Waals surface area contributed by atoms with Gasteiger partial charge in [-0.25, -0.2) is 0 Å². The summed E-state index contributed by atoms with van der Waals surface area (Å²) in [6, 6.07) is 0. The van der Waals surface area contributed by atoms with Crippen molar-refractivity contribution in [3.8, 4) is 0 Å².